The van der Waals surface area contributed by atoms with Crippen molar-refractivity contribution < 1.29 is 15.0 Å². The number of pyridine rings is 1. The first-order chi connectivity index (χ1) is 7.59. The largest absolute Gasteiger partial charge is 0.550 e. The maximum Gasteiger partial charge on any atom is 0.255 e. The van der Waals surface area contributed by atoms with Crippen LogP contribution in [0.3, 0.4) is 0 Å². The van der Waals surface area contributed by atoms with E-state index in [9.17, 15) is 19.8 Å². The zero-order chi connectivity index (χ0) is 11.7. The number of carboxylic acids is 1. The Balaban J connectivity index is 2.75. The van der Waals surface area contributed by atoms with E-state index in [4.69, 9.17) is 0 Å². The van der Waals surface area contributed by atoms with Crippen LogP contribution < -0.4 is 10.7 Å². The molecular formula is C11H8NO4-. The molecule has 0 aliphatic rings. The van der Waals surface area contributed by atoms with Gasteiger partial charge in [-0.1, -0.05) is 12.1 Å². The Hall–Kier alpha value is -2.30. The van der Waals surface area contributed by atoms with E-state index in [1.165, 1.54) is 0 Å². The minimum absolute atomic E-state index is 0.182. The quantitative estimate of drug-likeness (QED) is 0.712. The summed E-state index contributed by atoms with van der Waals surface area (Å²) in [5, 5.41) is 20.6. The lowest BCUT2D eigenvalue weighted by molar-refractivity contribution is -0.304. The van der Waals surface area contributed by atoms with Gasteiger partial charge in [0, 0.05) is 17.8 Å². The summed E-state index contributed by atoms with van der Waals surface area (Å²) in [4.78, 5) is 24.4. The van der Waals surface area contributed by atoms with Crippen LogP contribution in [0.4, 0.5) is 0 Å². The van der Waals surface area contributed by atoms with Crippen molar-refractivity contribution in [3.63, 3.8) is 0 Å². The minimum Gasteiger partial charge on any atom is -0.550 e. The first kappa shape index (κ1) is 10.2. The number of rotatable bonds is 2. The van der Waals surface area contributed by atoms with Crippen LogP contribution in [0.25, 0.3) is 10.9 Å². The monoisotopic (exact) mass is 218 g/mol. The summed E-state index contributed by atoms with van der Waals surface area (Å²) in [5.74, 6) is -1.71. The number of hydrogen-bond acceptors (Lipinski definition) is 4. The lowest BCUT2D eigenvalue weighted by Gasteiger charge is -2.07. The Kier molecular flexibility index (Phi) is 2.36. The summed E-state index contributed by atoms with van der Waals surface area (Å²) in [7, 11) is 0. The fourth-order valence-corrected chi connectivity index (χ4v) is 1.57. The number of fused-ring (bicyclic) bond motifs is 1. The van der Waals surface area contributed by atoms with Crippen LogP contribution in [0.5, 0.6) is 5.75 Å². The topological polar surface area (TPSA) is 93.2 Å². The second-order valence-electron chi connectivity index (χ2n) is 3.38. The van der Waals surface area contributed by atoms with Crippen LogP contribution in [0, 0.1) is 0 Å². The van der Waals surface area contributed by atoms with Crippen molar-refractivity contribution >= 4 is 16.9 Å². The number of hydrogen-bond donors (Lipinski definition) is 2. The molecule has 0 atom stereocenters. The second-order valence-corrected chi connectivity index (χ2v) is 3.38. The highest BCUT2D eigenvalue weighted by Gasteiger charge is 2.11. The highest BCUT2D eigenvalue weighted by atomic mass is 16.4. The maximum atomic E-state index is 11.5. The number of aromatic nitrogens is 1. The van der Waals surface area contributed by atoms with E-state index in [-0.39, 0.29) is 11.3 Å². The van der Waals surface area contributed by atoms with E-state index in [0.717, 1.165) is 0 Å². The minimum atomic E-state index is -1.41. The molecule has 0 unspecified atom stereocenters. The first-order valence-corrected chi connectivity index (χ1v) is 4.62. The van der Waals surface area contributed by atoms with Gasteiger partial charge in [0.25, 0.3) is 5.56 Å². The summed E-state index contributed by atoms with van der Waals surface area (Å²) in [5.41, 5.74) is -0.328. The summed E-state index contributed by atoms with van der Waals surface area (Å²) in [6.45, 7) is 0. The first-order valence-electron chi connectivity index (χ1n) is 4.62. The molecule has 1 aromatic heterocycles. The molecule has 0 aliphatic carbocycles. The molecule has 1 heterocycles. The molecule has 5 nitrogen and oxygen atoms in total. The maximum absolute atomic E-state index is 11.5. The summed E-state index contributed by atoms with van der Waals surface area (Å²) >= 11 is 0. The molecule has 0 saturated carbocycles. The summed E-state index contributed by atoms with van der Waals surface area (Å²) in [6, 6.07) is 6.61. The normalized spacial score (nSPS) is 10.5. The van der Waals surface area contributed by atoms with E-state index in [2.05, 4.69) is 4.98 Å². The molecule has 2 aromatic rings. The Bertz CT molecular complexity index is 615. The predicted molar refractivity (Wildman–Crippen MR) is 54.9 cm³/mol. The Labute approximate surface area is 90.0 Å². The van der Waals surface area contributed by atoms with Crippen LogP contribution in [-0.2, 0) is 11.2 Å². The van der Waals surface area contributed by atoms with E-state index in [1.54, 1.807) is 24.3 Å². The zero-order valence-electron chi connectivity index (χ0n) is 8.19. The van der Waals surface area contributed by atoms with Gasteiger partial charge < -0.3 is 20.0 Å². The summed E-state index contributed by atoms with van der Waals surface area (Å²) < 4.78 is 0. The molecule has 5 heteroatoms. The van der Waals surface area contributed by atoms with Gasteiger partial charge in [0.15, 0.2) is 0 Å². The molecule has 0 aliphatic heterocycles. The third-order valence-corrected chi connectivity index (χ3v) is 2.31. The molecule has 2 rings (SSSR count). The number of aliphatic carboxylic acids is 1. The van der Waals surface area contributed by atoms with Gasteiger partial charge in [-0.15, -0.1) is 0 Å². The Morgan fingerprint density at radius 1 is 1.38 bits per heavy atom. The standard InChI is InChI=1S/C11H9NO4/c13-9(14)5-7-10(15)6-3-1-2-4-8(6)12-11(7)16/h1-4H,5H2,(H,13,14)(H2,12,15,16)/p-1. The molecule has 0 radical (unpaired) electrons. The van der Waals surface area contributed by atoms with E-state index < -0.39 is 17.9 Å². The highest BCUT2D eigenvalue weighted by Crippen LogP contribution is 2.24. The number of benzene rings is 1. The van der Waals surface area contributed by atoms with Crippen molar-refractivity contribution in [1.29, 1.82) is 0 Å². The molecule has 0 fully saturated rings. The van der Waals surface area contributed by atoms with Gasteiger partial charge in [0.2, 0.25) is 0 Å². The van der Waals surface area contributed by atoms with Crippen molar-refractivity contribution in [3.8, 4) is 5.75 Å². The van der Waals surface area contributed by atoms with Crippen molar-refractivity contribution in [1.82, 2.24) is 4.98 Å². The average molecular weight is 218 g/mol. The molecule has 2 N–H and O–H groups in total. The number of carboxylic acid groups (broad SMARTS) is 1. The fourth-order valence-electron chi connectivity index (χ4n) is 1.57. The van der Waals surface area contributed by atoms with Crippen molar-refractivity contribution in [2.45, 2.75) is 6.42 Å². The van der Waals surface area contributed by atoms with Gasteiger partial charge >= 0.3 is 0 Å². The number of carbonyl (C=O) groups is 1. The zero-order valence-corrected chi connectivity index (χ0v) is 8.19. The van der Waals surface area contributed by atoms with Crippen molar-refractivity contribution in [2.75, 3.05) is 0 Å². The average Bonchev–Trinajstić information content (AvgIpc) is 2.24. The second kappa shape index (κ2) is 3.69. The molecular weight excluding hydrogens is 210 g/mol. The van der Waals surface area contributed by atoms with Crippen LogP contribution >= 0.6 is 0 Å². The van der Waals surface area contributed by atoms with Gasteiger partial charge in [-0.05, 0) is 12.1 Å². The van der Waals surface area contributed by atoms with E-state index in [0.29, 0.717) is 10.9 Å². The van der Waals surface area contributed by atoms with Crippen LogP contribution in [0.2, 0.25) is 0 Å². The fraction of sp³-hybridized carbons (Fsp3) is 0.0909. The van der Waals surface area contributed by atoms with Crippen molar-refractivity contribution in [3.05, 3.63) is 40.2 Å². The lowest BCUT2D eigenvalue weighted by atomic mass is 10.1. The molecule has 0 amide bonds. The van der Waals surface area contributed by atoms with Gasteiger partial charge in [0.1, 0.15) is 5.75 Å². The third-order valence-electron chi connectivity index (χ3n) is 2.31. The predicted octanol–water partition coefficient (Wildman–Crippen LogP) is -0.474. The number of nitrogens with one attached hydrogen (secondary N) is 1. The van der Waals surface area contributed by atoms with Crippen LogP contribution in [-0.4, -0.2) is 16.1 Å². The van der Waals surface area contributed by atoms with Crippen LogP contribution in [0.1, 0.15) is 5.56 Å². The van der Waals surface area contributed by atoms with E-state index in [1.807, 2.05) is 0 Å². The lowest BCUT2D eigenvalue weighted by Crippen LogP contribution is -2.28. The molecule has 0 saturated heterocycles. The molecule has 16 heavy (non-hydrogen) atoms. The van der Waals surface area contributed by atoms with E-state index >= 15 is 0 Å². The van der Waals surface area contributed by atoms with Crippen molar-refractivity contribution in [2.24, 2.45) is 0 Å². The number of aromatic hydroxyl groups is 1. The SMILES string of the molecule is O=C([O-])Cc1c(O)c2ccccc2[nH]c1=O. The molecule has 82 valence electrons. The van der Waals surface area contributed by atoms with Gasteiger partial charge in [-0.25, -0.2) is 0 Å². The smallest absolute Gasteiger partial charge is 0.255 e. The molecule has 0 bridgehead atoms. The van der Waals surface area contributed by atoms with Gasteiger partial charge in [-0.2, -0.15) is 0 Å². The Morgan fingerprint density at radius 2 is 2.06 bits per heavy atom. The van der Waals surface area contributed by atoms with Gasteiger partial charge in [-0.3, -0.25) is 4.79 Å². The van der Waals surface area contributed by atoms with Crippen LogP contribution in [0.15, 0.2) is 29.1 Å². The number of para-hydroxylation sites is 1. The highest BCUT2D eigenvalue weighted by molar-refractivity contribution is 5.86. The molecule has 0 spiro atoms. The third kappa shape index (κ3) is 1.63. The Morgan fingerprint density at radius 3 is 2.75 bits per heavy atom. The summed E-state index contributed by atoms with van der Waals surface area (Å²) in [6.07, 6.45) is -0.605. The number of aromatic amines is 1. The molecule has 1 aromatic carbocycles. The number of carbonyl (C=O) groups excluding carboxylic acids is 1. The van der Waals surface area contributed by atoms with Gasteiger partial charge in [0.05, 0.1) is 11.1 Å². The number of H-pyrrole nitrogens is 1.